The molecule has 1 unspecified atom stereocenters. The van der Waals surface area contributed by atoms with Gasteiger partial charge in [-0.2, -0.15) is 0 Å². The Morgan fingerprint density at radius 1 is 1.50 bits per heavy atom. The highest BCUT2D eigenvalue weighted by Gasteiger charge is 2.16. The molecule has 1 atom stereocenters. The zero-order chi connectivity index (χ0) is 15.2. The molecule has 112 valence electrons. The van der Waals surface area contributed by atoms with Crippen molar-refractivity contribution in [2.75, 3.05) is 32.5 Å². The normalized spacial score (nSPS) is 14.2. The Kier molecular flexibility index (Phi) is 6.26. The fraction of sp³-hybridized carbons (Fsp3) is 0.500. The first-order valence-electron chi connectivity index (χ1n) is 6.55. The number of nitrogens with one attached hydrogen (secondary N) is 1. The number of aliphatic hydroxyl groups excluding tert-OH is 1. The van der Waals surface area contributed by atoms with Gasteiger partial charge in [-0.15, -0.1) is 5.10 Å². The number of quaternary nitrogens is 1. The van der Waals surface area contributed by atoms with Crippen LogP contribution in [0.1, 0.15) is 13.3 Å². The molecule has 5 nitrogen and oxygen atoms in total. The third-order valence-electron chi connectivity index (χ3n) is 2.59. The Bertz CT molecular complexity index is 461. The van der Waals surface area contributed by atoms with E-state index in [1.165, 1.54) is 0 Å². The molecule has 1 aromatic rings. The molecule has 0 radical (unpaired) electrons. The van der Waals surface area contributed by atoms with Crippen LogP contribution in [0.25, 0.3) is 0 Å². The molecule has 0 saturated heterocycles. The van der Waals surface area contributed by atoms with Crippen molar-refractivity contribution >= 4 is 23.2 Å². The Morgan fingerprint density at radius 3 is 2.80 bits per heavy atom. The lowest BCUT2D eigenvalue weighted by Crippen LogP contribution is -2.42. The van der Waals surface area contributed by atoms with E-state index in [0.717, 1.165) is 5.69 Å². The van der Waals surface area contributed by atoms with Gasteiger partial charge in [0, 0.05) is 23.2 Å². The van der Waals surface area contributed by atoms with E-state index >= 15 is 0 Å². The topological polar surface area (TPSA) is 67.7 Å². The SMILES string of the molecule is CC(O)C[N+](C)(C)/N=C(/[O-])CCNc1cccc(Cl)c1. The fourth-order valence-electron chi connectivity index (χ4n) is 1.95. The van der Waals surface area contributed by atoms with E-state index in [0.29, 0.717) is 24.5 Å². The largest absolute Gasteiger partial charge is 0.858 e. The third-order valence-corrected chi connectivity index (χ3v) is 2.82. The number of hydrogen-bond donors (Lipinski definition) is 2. The molecule has 0 aliphatic carbocycles. The van der Waals surface area contributed by atoms with Gasteiger partial charge in [0.15, 0.2) is 0 Å². The molecule has 0 aliphatic rings. The molecule has 0 saturated carbocycles. The van der Waals surface area contributed by atoms with Gasteiger partial charge in [-0.3, -0.25) is 0 Å². The standard InChI is InChI=1S/C14H22ClN3O2/c1-11(19)10-18(2,3)17-14(20)7-8-16-13-6-4-5-12(15)9-13/h4-6,9,11,16,19H,7-8,10H2,1-3H3. The van der Waals surface area contributed by atoms with Gasteiger partial charge >= 0.3 is 0 Å². The van der Waals surface area contributed by atoms with Gasteiger partial charge in [-0.05, 0) is 31.5 Å². The number of benzene rings is 1. The molecule has 6 heteroatoms. The minimum atomic E-state index is -0.494. The lowest BCUT2D eigenvalue weighted by atomic mass is 10.3. The molecule has 0 bridgehead atoms. The predicted octanol–water partition coefficient (Wildman–Crippen LogP) is 1.27. The van der Waals surface area contributed by atoms with Gasteiger partial charge in [0.25, 0.3) is 0 Å². The summed E-state index contributed by atoms with van der Waals surface area (Å²) < 4.78 is 0.133. The van der Waals surface area contributed by atoms with Gasteiger partial charge in [0.05, 0.1) is 14.1 Å². The van der Waals surface area contributed by atoms with Gasteiger partial charge in [0.2, 0.25) is 0 Å². The summed E-state index contributed by atoms with van der Waals surface area (Å²) >= 11 is 5.87. The molecular weight excluding hydrogens is 278 g/mol. The molecule has 0 aromatic heterocycles. The van der Waals surface area contributed by atoms with Gasteiger partial charge < -0.3 is 15.5 Å². The number of anilines is 1. The lowest BCUT2D eigenvalue weighted by Gasteiger charge is -2.26. The average Bonchev–Trinajstić information content (AvgIpc) is 2.26. The van der Waals surface area contributed by atoms with Crippen LogP contribution in [0.15, 0.2) is 29.4 Å². The highest BCUT2D eigenvalue weighted by Crippen LogP contribution is 2.14. The second-order valence-corrected chi connectivity index (χ2v) is 5.77. The number of hydrogen-bond acceptors (Lipinski definition) is 4. The summed E-state index contributed by atoms with van der Waals surface area (Å²) in [7, 11) is 3.57. The summed E-state index contributed by atoms with van der Waals surface area (Å²) in [6.45, 7) is 2.59. The molecule has 0 aliphatic heterocycles. The summed E-state index contributed by atoms with van der Waals surface area (Å²) in [4.78, 5) is 0. The van der Waals surface area contributed by atoms with Crippen molar-refractivity contribution in [3.8, 4) is 0 Å². The Hall–Kier alpha value is -1.30. The number of likely N-dealkylation sites (N-methyl/N-ethyl adjacent to an activating group) is 1. The maximum atomic E-state index is 11.8. The number of halogens is 1. The molecule has 1 rings (SSSR count). The quantitative estimate of drug-likeness (QED) is 0.345. The lowest BCUT2D eigenvalue weighted by molar-refractivity contribution is -0.901. The van der Waals surface area contributed by atoms with Crippen molar-refractivity contribution in [3.63, 3.8) is 0 Å². The van der Waals surface area contributed by atoms with Crippen molar-refractivity contribution in [1.82, 2.24) is 0 Å². The van der Waals surface area contributed by atoms with Crippen LogP contribution in [0.3, 0.4) is 0 Å². The van der Waals surface area contributed by atoms with Crippen molar-refractivity contribution < 1.29 is 14.8 Å². The zero-order valence-electron chi connectivity index (χ0n) is 12.1. The number of rotatable bonds is 7. The number of nitrogens with zero attached hydrogens (tertiary/aromatic N) is 2. The van der Waals surface area contributed by atoms with Gasteiger partial charge in [0.1, 0.15) is 12.6 Å². The Balaban J connectivity index is 2.45. The van der Waals surface area contributed by atoms with E-state index in [4.69, 9.17) is 11.6 Å². The first-order valence-corrected chi connectivity index (χ1v) is 6.93. The van der Waals surface area contributed by atoms with E-state index < -0.39 is 6.10 Å². The van der Waals surface area contributed by atoms with Crippen LogP contribution in [0.4, 0.5) is 5.69 Å². The van der Waals surface area contributed by atoms with E-state index in [-0.39, 0.29) is 10.5 Å². The Morgan fingerprint density at radius 2 is 2.20 bits per heavy atom. The van der Waals surface area contributed by atoms with E-state index in [1.807, 2.05) is 12.1 Å². The second-order valence-electron chi connectivity index (χ2n) is 5.33. The summed E-state index contributed by atoms with van der Waals surface area (Å²) in [6.07, 6.45) is -0.195. The molecule has 20 heavy (non-hydrogen) atoms. The minimum absolute atomic E-state index is 0.133. The molecule has 0 fully saturated rings. The second kappa shape index (κ2) is 7.47. The molecular formula is C14H22ClN3O2. The van der Waals surface area contributed by atoms with Crippen molar-refractivity contribution in [1.29, 1.82) is 0 Å². The smallest absolute Gasteiger partial charge is 0.128 e. The van der Waals surface area contributed by atoms with Crippen LogP contribution < -0.4 is 10.4 Å². The molecule has 2 N–H and O–H groups in total. The van der Waals surface area contributed by atoms with Crippen LogP contribution in [-0.4, -0.2) is 48.9 Å². The maximum absolute atomic E-state index is 11.8. The Labute approximate surface area is 125 Å². The van der Waals surface area contributed by atoms with Crippen molar-refractivity contribution in [3.05, 3.63) is 29.3 Å². The summed E-state index contributed by atoms with van der Waals surface area (Å²) in [6, 6.07) is 7.33. The third kappa shape index (κ3) is 6.75. The summed E-state index contributed by atoms with van der Waals surface area (Å²) in [5.74, 6) is -0.190. The van der Waals surface area contributed by atoms with Crippen LogP contribution in [0, 0.1) is 0 Å². The van der Waals surface area contributed by atoms with Crippen LogP contribution in [0.2, 0.25) is 5.02 Å². The monoisotopic (exact) mass is 299 g/mol. The average molecular weight is 300 g/mol. The molecule has 0 amide bonds. The van der Waals surface area contributed by atoms with Crippen molar-refractivity contribution in [2.24, 2.45) is 5.10 Å². The highest BCUT2D eigenvalue weighted by atomic mass is 35.5. The first-order chi connectivity index (χ1) is 9.28. The van der Waals surface area contributed by atoms with Crippen LogP contribution >= 0.6 is 11.6 Å². The summed E-state index contributed by atoms with van der Waals surface area (Å²) in [5.41, 5.74) is 0.878. The van der Waals surface area contributed by atoms with E-state index in [1.54, 1.807) is 33.2 Å². The molecule has 0 spiro atoms. The fourth-order valence-corrected chi connectivity index (χ4v) is 2.14. The van der Waals surface area contributed by atoms with E-state index in [9.17, 15) is 10.2 Å². The predicted molar refractivity (Wildman–Crippen MR) is 80.6 cm³/mol. The summed E-state index contributed by atoms with van der Waals surface area (Å²) in [5, 5.41) is 29.0. The molecule has 1 aromatic carbocycles. The van der Waals surface area contributed by atoms with Gasteiger partial charge in [-0.25, -0.2) is 4.59 Å². The van der Waals surface area contributed by atoms with Gasteiger partial charge in [-0.1, -0.05) is 17.7 Å². The van der Waals surface area contributed by atoms with Crippen LogP contribution in [0.5, 0.6) is 0 Å². The molecule has 0 heterocycles. The highest BCUT2D eigenvalue weighted by molar-refractivity contribution is 6.30. The first kappa shape index (κ1) is 16.8. The van der Waals surface area contributed by atoms with Crippen molar-refractivity contribution in [2.45, 2.75) is 19.4 Å². The van der Waals surface area contributed by atoms with E-state index in [2.05, 4.69) is 10.4 Å². The van der Waals surface area contributed by atoms with Crippen LogP contribution in [-0.2, 0) is 0 Å². The number of aliphatic hydroxyl groups is 1. The minimum Gasteiger partial charge on any atom is -0.858 e. The zero-order valence-corrected chi connectivity index (χ0v) is 12.9. The maximum Gasteiger partial charge on any atom is 0.128 e.